The van der Waals surface area contributed by atoms with Crippen LogP contribution in [0.2, 0.25) is 0 Å². The van der Waals surface area contributed by atoms with E-state index in [1.807, 2.05) is 12.1 Å². The Labute approximate surface area is 96.0 Å². The Bertz CT molecular complexity index is 361. The molecule has 1 aliphatic heterocycles. The van der Waals surface area contributed by atoms with Crippen LogP contribution in [-0.4, -0.2) is 19.7 Å². The van der Waals surface area contributed by atoms with Crippen molar-refractivity contribution >= 4 is 0 Å². The molecule has 0 aliphatic carbocycles. The second kappa shape index (κ2) is 5.53. The Hall–Kier alpha value is -1.53. The van der Waals surface area contributed by atoms with E-state index in [1.54, 1.807) is 12.1 Å². The summed E-state index contributed by atoms with van der Waals surface area (Å²) in [5.74, 6) is 1.61. The van der Waals surface area contributed by atoms with Crippen molar-refractivity contribution in [2.24, 2.45) is 5.92 Å². The molecule has 1 atom stereocenters. The van der Waals surface area contributed by atoms with Gasteiger partial charge in [-0.15, -0.1) is 0 Å². The maximum absolute atomic E-state index is 8.65. The van der Waals surface area contributed by atoms with Crippen molar-refractivity contribution < 1.29 is 4.74 Å². The third-order valence-corrected chi connectivity index (χ3v) is 2.94. The number of benzene rings is 1. The number of nitrogens with one attached hydrogen (secondary N) is 1. The minimum absolute atomic E-state index is 0.673. The van der Waals surface area contributed by atoms with Gasteiger partial charge in [-0.2, -0.15) is 5.26 Å². The SMILES string of the molecule is N#Cc1ccc(OCCC2CCNC2)cc1. The summed E-state index contributed by atoms with van der Waals surface area (Å²) in [6.45, 7) is 3.02. The summed E-state index contributed by atoms with van der Waals surface area (Å²) < 4.78 is 5.63. The normalized spacial score (nSPS) is 19.3. The van der Waals surface area contributed by atoms with Crippen molar-refractivity contribution in [2.75, 3.05) is 19.7 Å². The first-order valence-electron chi connectivity index (χ1n) is 5.72. The van der Waals surface area contributed by atoms with E-state index in [1.165, 1.54) is 6.42 Å². The fourth-order valence-electron chi connectivity index (χ4n) is 1.93. The van der Waals surface area contributed by atoms with Crippen molar-refractivity contribution in [1.29, 1.82) is 5.26 Å². The number of nitriles is 1. The molecule has 2 rings (SSSR count). The molecular weight excluding hydrogens is 200 g/mol. The van der Waals surface area contributed by atoms with Crippen LogP contribution >= 0.6 is 0 Å². The number of hydrogen-bond acceptors (Lipinski definition) is 3. The smallest absolute Gasteiger partial charge is 0.119 e. The van der Waals surface area contributed by atoms with E-state index in [2.05, 4.69) is 11.4 Å². The van der Waals surface area contributed by atoms with Gasteiger partial charge < -0.3 is 10.1 Å². The van der Waals surface area contributed by atoms with E-state index in [-0.39, 0.29) is 0 Å². The molecule has 1 saturated heterocycles. The summed E-state index contributed by atoms with van der Waals surface area (Å²) in [5, 5.41) is 12.0. The quantitative estimate of drug-likeness (QED) is 0.836. The summed E-state index contributed by atoms with van der Waals surface area (Å²) in [6.07, 6.45) is 2.36. The van der Waals surface area contributed by atoms with Gasteiger partial charge in [-0.3, -0.25) is 0 Å². The zero-order valence-electron chi connectivity index (χ0n) is 9.28. The molecule has 1 N–H and O–H groups in total. The van der Waals surface area contributed by atoms with Gasteiger partial charge in [-0.05, 0) is 56.1 Å². The van der Waals surface area contributed by atoms with E-state index >= 15 is 0 Å². The van der Waals surface area contributed by atoms with Crippen molar-refractivity contribution in [3.63, 3.8) is 0 Å². The Morgan fingerprint density at radius 1 is 1.38 bits per heavy atom. The largest absolute Gasteiger partial charge is 0.494 e. The fourth-order valence-corrected chi connectivity index (χ4v) is 1.93. The van der Waals surface area contributed by atoms with Crippen molar-refractivity contribution in [1.82, 2.24) is 5.32 Å². The van der Waals surface area contributed by atoms with Gasteiger partial charge >= 0.3 is 0 Å². The number of nitrogens with zero attached hydrogens (tertiary/aromatic N) is 1. The Morgan fingerprint density at radius 2 is 2.19 bits per heavy atom. The summed E-state index contributed by atoms with van der Waals surface area (Å²) in [6, 6.07) is 9.36. The molecule has 3 heteroatoms. The molecule has 1 aromatic rings. The Kier molecular flexibility index (Phi) is 3.79. The average Bonchev–Trinajstić information content (AvgIpc) is 2.83. The molecule has 1 fully saturated rings. The van der Waals surface area contributed by atoms with Crippen LogP contribution in [0.25, 0.3) is 0 Å². The summed E-state index contributed by atoms with van der Waals surface area (Å²) in [4.78, 5) is 0. The van der Waals surface area contributed by atoms with Crippen molar-refractivity contribution in [3.05, 3.63) is 29.8 Å². The lowest BCUT2D eigenvalue weighted by Crippen LogP contribution is -2.11. The molecule has 1 aliphatic rings. The van der Waals surface area contributed by atoms with Crippen molar-refractivity contribution in [3.8, 4) is 11.8 Å². The fraction of sp³-hybridized carbons (Fsp3) is 0.462. The highest BCUT2D eigenvalue weighted by Gasteiger charge is 2.13. The predicted molar refractivity (Wildman–Crippen MR) is 62.2 cm³/mol. The van der Waals surface area contributed by atoms with Crippen molar-refractivity contribution in [2.45, 2.75) is 12.8 Å². The molecule has 0 amide bonds. The van der Waals surface area contributed by atoms with Crippen LogP contribution in [-0.2, 0) is 0 Å². The molecule has 0 aromatic heterocycles. The van der Waals surface area contributed by atoms with Gasteiger partial charge in [0.2, 0.25) is 0 Å². The molecule has 3 nitrogen and oxygen atoms in total. The first-order chi connectivity index (χ1) is 7.88. The maximum Gasteiger partial charge on any atom is 0.119 e. The highest BCUT2D eigenvalue weighted by molar-refractivity contribution is 5.34. The zero-order chi connectivity index (χ0) is 11.2. The number of hydrogen-bond donors (Lipinski definition) is 1. The van der Waals surface area contributed by atoms with Gasteiger partial charge in [0.25, 0.3) is 0 Å². The molecule has 0 spiro atoms. The Morgan fingerprint density at radius 3 is 2.81 bits per heavy atom. The van der Waals surface area contributed by atoms with E-state index < -0.39 is 0 Å². The number of rotatable bonds is 4. The summed E-state index contributed by atoms with van der Waals surface area (Å²) >= 11 is 0. The maximum atomic E-state index is 8.65. The lowest BCUT2D eigenvalue weighted by atomic mass is 10.1. The van der Waals surface area contributed by atoms with Crippen LogP contribution in [0.15, 0.2) is 24.3 Å². The molecule has 0 saturated carbocycles. The van der Waals surface area contributed by atoms with Crippen LogP contribution in [0.5, 0.6) is 5.75 Å². The second-order valence-electron chi connectivity index (χ2n) is 4.13. The van der Waals surface area contributed by atoms with E-state index in [0.717, 1.165) is 37.8 Å². The van der Waals surface area contributed by atoms with Gasteiger partial charge in [0.15, 0.2) is 0 Å². The first kappa shape index (κ1) is 11.0. The van der Waals surface area contributed by atoms with Gasteiger partial charge in [0, 0.05) is 0 Å². The Balaban J connectivity index is 1.74. The molecule has 1 aromatic carbocycles. The topological polar surface area (TPSA) is 45.0 Å². The second-order valence-corrected chi connectivity index (χ2v) is 4.13. The first-order valence-corrected chi connectivity index (χ1v) is 5.72. The lowest BCUT2D eigenvalue weighted by Gasteiger charge is -2.09. The number of ether oxygens (including phenoxy) is 1. The minimum atomic E-state index is 0.673. The van der Waals surface area contributed by atoms with E-state index in [4.69, 9.17) is 10.00 Å². The minimum Gasteiger partial charge on any atom is -0.494 e. The van der Waals surface area contributed by atoms with Gasteiger partial charge in [-0.1, -0.05) is 0 Å². The summed E-state index contributed by atoms with van der Waals surface area (Å²) in [7, 11) is 0. The van der Waals surface area contributed by atoms with Gasteiger partial charge in [0.1, 0.15) is 5.75 Å². The molecular formula is C13H16N2O. The highest BCUT2D eigenvalue weighted by Crippen LogP contribution is 2.15. The van der Waals surface area contributed by atoms with Gasteiger partial charge in [-0.25, -0.2) is 0 Å². The van der Waals surface area contributed by atoms with Crippen LogP contribution in [0, 0.1) is 17.2 Å². The standard InChI is InChI=1S/C13H16N2O/c14-9-11-1-3-13(4-2-11)16-8-6-12-5-7-15-10-12/h1-4,12,15H,5-8,10H2. The molecule has 1 unspecified atom stereocenters. The monoisotopic (exact) mass is 216 g/mol. The van der Waals surface area contributed by atoms with E-state index in [9.17, 15) is 0 Å². The van der Waals surface area contributed by atoms with Crippen LogP contribution < -0.4 is 10.1 Å². The highest BCUT2D eigenvalue weighted by atomic mass is 16.5. The van der Waals surface area contributed by atoms with E-state index in [0.29, 0.717) is 5.56 Å². The lowest BCUT2D eigenvalue weighted by molar-refractivity contribution is 0.283. The molecule has 0 radical (unpaired) electrons. The predicted octanol–water partition coefficient (Wildman–Crippen LogP) is 1.94. The average molecular weight is 216 g/mol. The third kappa shape index (κ3) is 2.98. The van der Waals surface area contributed by atoms with Crippen LogP contribution in [0.4, 0.5) is 0 Å². The van der Waals surface area contributed by atoms with Crippen LogP contribution in [0.3, 0.4) is 0 Å². The van der Waals surface area contributed by atoms with Gasteiger partial charge in [0.05, 0.1) is 18.2 Å². The summed E-state index contributed by atoms with van der Waals surface area (Å²) in [5.41, 5.74) is 0.673. The zero-order valence-corrected chi connectivity index (χ0v) is 9.28. The van der Waals surface area contributed by atoms with Crippen LogP contribution in [0.1, 0.15) is 18.4 Å². The molecule has 16 heavy (non-hydrogen) atoms. The molecule has 84 valence electrons. The molecule has 0 bridgehead atoms. The third-order valence-electron chi connectivity index (χ3n) is 2.94. The molecule has 1 heterocycles.